The maximum Gasteiger partial charge on any atom is 0.295 e. The number of halogens is 1. The van der Waals surface area contributed by atoms with E-state index in [1.54, 1.807) is 36.0 Å². The average molecular weight is 421 g/mol. The van der Waals surface area contributed by atoms with Gasteiger partial charge in [-0.05, 0) is 60.0 Å². The number of methoxy groups -OCH3 is 1. The molecule has 0 spiro atoms. The SMILES string of the molecule is COc1ccc(NCN2C(=O)S/C(=C/c3ccc(SC)cc3)C2=O)cc1Cl. The number of thioether (sulfide) groups is 2. The van der Waals surface area contributed by atoms with Crippen LogP contribution in [0.1, 0.15) is 5.56 Å². The molecule has 0 saturated carbocycles. The van der Waals surface area contributed by atoms with Crippen molar-refractivity contribution in [2.24, 2.45) is 0 Å². The molecule has 0 unspecified atom stereocenters. The Bertz CT molecular complexity index is 900. The molecule has 0 aromatic heterocycles. The van der Waals surface area contributed by atoms with Crippen LogP contribution in [-0.2, 0) is 4.79 Å². The minimum atomic E-state index is -0.314. The predicted octanol–water partition coefficient (Wildman–Crippen LogP) is 5.18. The van der Waals surface area contributed by atoms with Gasteiger partial charge in [-0.15, -0.1) is 11.8 Å². The van der Waals surface area contributed by atoms with E-state index in [-0.39, 0.29) is 17.8 Å². The Kier molecular flexibility index (Phi) is 6.36. The first-order valence-corrected chi connectivity index (χ1v) is 10.4. The van der Waals surface area contributed by atoms with Crippen LogP contribution in [0.2, 0.25) is 5.02 Å². The Balaban J connectivity index is 1.68. The summed E-state index contributed by atoms with van der Waals surface area (Å²) >= 11 is 8.68. The molecule has 1 N–H and O–H groups in total. The van der Waals surface area contributed by atoms with Crippen molar-refractivity contribution in [2.45, 2.75) is 4.90 Å². The molecule has 1 fully saturated rings. The van der Waals surface area contributed by atoms with E-state index in [1.165, 1.54) is 12.0 Å². The van der Waals surface area contributed by atoms with E-state index in [0.717, 1.165) is 22.2 Å². The fourth-order valence-corrected chi connectivity index (χ4v) is 3.94. The summed E-state index contributed by atoms with van der Waals surface area (Å²) in [7, 11) is 1.54. The molecule has 2 aromatic carbocycles. The van der Waals surface area contributed by atoms with Gasteiger partial charge in [0, 0.05) is 10.6 Å². The lowest BCUT2D eigenvalue weighted by Crippen LogP contribution is -2.33. The number of nitrogens with one attached hydrogen (secondary N) is 1. The van der Waals surface area contributed by atoms with Crippen LogP contribution in [0.25, 0.3) is 6.08 Å². The number of carbonyl (C=O) groups excluding carboxylic acids is 2. The lowest BCUT2D eigenvalue weighted by Gasteiger charge is -2.15. The number of hydrogen-bond donors (Lipinski definition) is 1. The molecule has 1 aliphatic heterocycles. The number of benzene rings is 2. The molecule has 140 valence electrons. The summed E-state index contributed by atoms with van der Waals surface area (Å²) in [6.45, 7) is 0.0656. The third kappa shape index (κ3) is 4.61. The summed E-state index contributed by atoms with van der Waals surface area (Å²) in [4.78, 5) is 27.5. The molecule has 0 bridgehead atoms. The van der Waals surface area contributed by atoms with Crippen molar-refractivity contribution in [3.05, 3.63) is 58.0 Å². The Morgan fingerprint density at radius 2 is 1.96 bits per heavy atom. The highest BCUT2D eigenvalue weighted by atomic mass is 35.5. The number of rotatable bonds is 6. The quantitative estimate of drug-likeness (QED) is 0.513. The van der Waals surface area contributed by atoms with Gasteiger partial charge in [-0.25, -0.2) is 0 Å². The number of hydrogen-bond acceptors (Lipinski definition) is 6. The number of carbonyl (C=O) groups is 2. The first-order chi connectivity index (χ1) is 13.0. The monoisotopic (exact) mass is 420 g/mol. The topological polar surface area (TPSA) is 58.6 Å². The van der Waals surface area contributed by atoms with Gasteiger partial charge in [0.2, 0.25) is 0 Å². The lowest BCUT2D eigenvalue weighted by atomic mass is 10.2. The highest BCUT2D eigenvalue weighted by Crippen LogP contribution is 2.33. The molecular formula is C19H17ClN2O3S2. The Hall–Kier alpha value is -2.09. The van der Waals surface area contributed by atoms with Gasteiger partial charge in [-0.1, -0.05) is 23.7 Å². The first kappa shape index (κ1) is 19.7. The van der Waals surface area contributed by atoms with Crippen molar-refractivity contribution in [2.75, 3.05) is 25.4 Å². The van der Waals surface area contributed by atoms with E-state index >= 15 is 0 Å². The predicted molar refractivity (Wildman–Crippen MR) is 113 cm³/mol. The van der Waals surface area contributed by atoms with Gasteiger partial charge < -0.3 is 10.1 Å². The van der Waals surface area contributed by atoms with Crippen molar-refractivity contribution >= 4 is 58.0 Å². The molecule has 5 nitrogen and oxygen atoms in total. The Labute approximate surface area is 171 Å². The fourth-order valence-electron chi connectivity index (χ4n) is 2.43. The summed E-state index contributed by atoms with van der Waals surface area (Å²) in [5.41, 5.74) is 1.57. The van der Waals surface area contributed by atoms with Crippen molar-refractivity contribution in [3.8, 4) is 5.75 Å². The molecule has 3 rings (SSSR count). The van der Waals surface area contributed by atoms with Gasteiger partial charge in [0.15, 0.2) is 0 Å². The average Bonchev–Trinajstić information content (AvgIpc) is 2.94. The fraction of sp³-hybridized carbons (Fsp3) is 0.158. The van der Waals surface area contributed by atoms with Crippen molar-refractivity contribution in [3.63, 3.8) is 0 Å². The van der Waals surface area contributed by atoms with Gasteiger partial charge >= 0.3 is 0 Å². The van der Waals surface area contributed by atoms with Gasteiger partial charge in [0.25, 0.3) is 11.1 Å². The molecule has 27 heavy (non-hydrogen) atoms. The molecule has 1 saturated heterocycles. The van der Waals surface area contributed by atoms with Crippen LogP contribution in [0.5, 0.6) is 5.75 Å². The first-order valence-electron chi connectivity index (χ1n) is 7.98. The molecular weight excluding hydrogens is 404 g/mol. The normalized spacial score (nSPS) is 15.5. The van der Waals surface area contributed by atoms with Crippen LogP contribution in [-0.4, -0.2) is 36.1 Å². The largest absolute Gasteiger partial charge is 0.495 e. The van der Waals surface area contributed by atoms with Crippen LogP contribution in [0.3, 0.4) is 0 Å². The van der Waals surface area contributed by atoms with Gasteiger partial charge in [-0.3, -0.25) is 14.5 Å². The molecule has 2 aromatic rings. The third-order valence-electron chi connectivity index (χ3n) is 3.88. The smallest absolute Gasteiger partial charge is 0.295 e. The van der Waals surface area contributed by atoms with Gasteiger partial charge in [0.1, 0.15) is 5.75 Å². The maximum absolute atomic E-state index is 12.6. The number of nitrogens with zero attached hydrogens (tertiary/aromatic N) is 1. The zero-order chi connectivity index (χ0) is 19.4. The summed E-state index contributed by atoms with van der Waals surface area (Å²) in [5.74, 6) is 0.245. The minimum absolute atomic E-state index is 0.0656. The summed E-state index contributed by atoms with van der Waals surface area (Å²) in [6.07, 6.45) is 3.74. The van der Waals surface area contributed by atoms with Crippen molar-refractivity contribution in [1.29, 1.82) is 0 Å². The molecule has 0 radical (unpaired) electrons. The van der Waals surface area contributed by atoms with Crippen LogP contribution in [0, 0.1) is 0 Å². The molecule has 2 amide bonds. The molecule has 8 heteroatoms. The standard InChI is InChI=1S/C19H17ClN2O3S2/c1-25-16-8-5-13(10-15(16)20)21-11-22-18(23)17(27-19(22)24)9-12-3-6-14(26-2)7-4-12/h3-10,21H,11H2,1-2H3/b17-9+. The maximum atomic E-state index is 12.6. The van der Waals surface area contributed by atoms with Crippen molar-refractivity contribution in [1.82, 2.24) is 4.90 Å². The minimum Gasteiger partial charge on any atom is -0.495 e. The third-order valence-corrected chi connectivity index (χ3v) is 5.83. The highest BCUT2D eigenvalue weighted by molar-refractivity contribution is 8.18. The molecule has 1 heterocycles. The van der Waals surface area contributed by atoms with E-state index in [1.807, 2.05) is 30.5 Å². The van der Waals surface area contributed by atoms with E-state index in [0.29, 0.717) is 21.4 Å². The Morgan fingerprint density at radius 1 is 1.22 bits per heavy atom. The lowest BCUT2D eigenvalue weighted by molar-refractivity contribution is -0.122. The number of ether oxygens (including phenoxy) is 1. The zero-order valence-corrected chi connectivity index (χ0v) is 17.1. The Morgan fingerprint density at radius 3 is 2.59 bits per heavy atom. The number of anilines is 1. The van der Waals surface area contributed by atoms with E-state index in [2.05, 4.69) is 5.32 Å². The second-order valence-corrected chi connectivity index (χ2v) is 7.85. The number of amides is 2. The van der Waals surface area contributed by atoms with Crippen molar-refractivity contribution < 1.29 is 14.3 Å². The molecule has 0 aliphatic carbocycles. The van der Waals surface area contributed by atoms with Crippen LogP contribution < -0.4 is 10.1 Å². The summed E-state index contributed by atoms with van der Waals surface area (Å²) in [5, 5.41) is 3.18. The van der Waals surface area contributed by atoms with E-state index in [9.17, 15) is 9.59 Å². The van der Waals surface area contributed by atoms with Gasteiger partial charge in [-0.2, -0.15) is 0 Å². The molecule has 1 aliphatic rings. The summed E-state index contributed by atoms with van der Waals surface area (Å²) < 4.78 is 5.11. The molecule has 0 atom stereocenters. The van der Waals surface area contributed by atoms with Crippen LogP contribution in [0.15, 0.2) is 52.3 Å². The van der Waals surface area contributed by atoms with Gasteiger partial charge in [0.05, 0.1) is 23.7 Å². The van der Waals surface area contributed by atoms with E-state index in [4.69, 9.17) is 16.3 Å². The van der Waals surface area contributed by atoms with E-state index < -0.39 is 0 Å². The second-order valence-electron chi connectivity index (χ2n) is 5.57. The zero-order valence-electron chi connectivity index (χ0n) is 14.7. The second kappa shape index (κ2) is 8.73. The van der Waals surface area contributed by atoms with Crippen LogP contribution in [0.4, 0.5) is 10.5 Å². The van der Waals surface area contributed by atoms with Crippen LogP contribution >= 0.6 is 35.1 Å². The number of imide groups is 1. The highest BCUT2D eigenvalue weighted by Gasteiger charge is 2.34. The summed E-state index contributed by atoms with van der Waals surface area (Å²) in [6, 6.07) is 13.0.